The first-order valence-corrected chi connectivity index (χ1v) is 12.9. The first kappa shape index (κ1) is 25.5. The number of hydrogen-bond donors (Lipinski definition) is 1. The van der Waals surface area contributed by atoms with Crippen LogP contribution in [-0.2, 0) is 29.0 Å². The quantitative estimate of drug-likeness (QED) is 0.406. The number of carbonyl (C=O) groups is 2. The van der Waals surface area contributed by atoms with Gasteiger partial charge in [-0.1, -0.05) is 66.9 Å². The monoisotopic (exact) mass is 484 g/mol. The Morgan fingerprint density at radius 1 is 0.917 bits per heavy atom. The van der Waals surface area contributed by atoms with Crippen LogP contribution in [0, 0.1) is 12.8 Å². The summed E-state index contributed by atoms with van der Waals surface area (Å²) in [5, 5.41) is 3.00. The lowest BCUT2D eigenvalue weighted by molar-refractivity contribution is -0.122. The molecule has 3 aromatic carbocycles. The lowest BCUT2D eigenvalue weighted by atomic mass is 10.0. The van der Waals surface area contributed by atoms with Gasteiger partial charge in [0.2, 0.25) is 11.8 Å². The fourth-order valence-corrected chi connectivity index (χ4v) is 4.86. The maximum absolute atomic E-state index is 13.4. The van der Waals surface area contributed by atoms with E-state index in [-0.39, 0.29) is 17.7 Å². The van der Waals surface area contributed by atoms with Crippen LogP contribution in [0.5, 0.6) is 5.75 Å². The van der Waals surface area contributed by atoms with Gasteiger partial charge in [-0.05, 0) is 67.1 Å². The number of rotatable bonds is 10. The van der Waals surface area contributed by atoms with Crippen LogP contribution in [0.3, 0.4) is 0 Å². The molecular formula is C31H36N2O3. The van der Waals surface area contributed by atoms with Crippen LogP contribution in [0.15, 0.2) is 72.8 Å². The lowest BCUT2D eigenvalue weighted by Crippen LogP contribution is -2.35. The Bertz CT molecular complexity index is 1150. The Kier molecular flexibility index (Phi) is 8.77. The zero-order valence-corrected chi connectivity index (χ0v) is 21.3. The number of nitrogens with zero attached hydrogens (tertiary/aromatic N) is 1. The van der Waals surface area contributed by atoms with Crippen molar-refractivity contribution in [3.63, 3.8) is 0 Å². The molecule has 1 aliphatic rings. The van der Waals surface area contributed by atoms with Crippen molar-refractivity contribution in [3.05, 3.63) is 95.1 Å². The van der Waals surface area contributed by atoms with Crippen LogP contribution in [0.1, 0.15) is 47.9 Å². The molecule has 0 unspecified atom stereocenters. The van der Waals surface area contributed by atoms with Crippen LogP contribution in [0.4, 0.5) is 5.69 Å². The van der Waals surface area contributed by atoms with E-state index in [1.165, 1.54) is 5.56 Å². The van der Waals surface area contributed by atoms with Crippen molar-refractivity contribution in [3.8, 4) is 5.75 Å². The van der Waals surface area contributed by atoms with Gasteiger partial charge < -0.3 is 15.0 Å². The van der Waals surface area contributed by atoms with Crippen molar-refractivity contribution in [2.24, 2.45) is 5.92 Å². The van der Waals surface area contributed by atoms with Crippen LogP contribution < -0.4 is 15.0 Å². The molecule has 0 radical (unpaired) electrons. The summed E-state index contributed by atoms with van der Waals surface area (Å²) in [6.07, 6.45) is 5.28. The molecular weight excluding hydrogens is 448 g/mol. The normalized spacial score (nSPS) is 13.4. The fourth-order valence-electron chi connectivity index (χ4n) is 4.86. The summed E-state index contributed by atoms with van der Waals surface area (Å²) in [7, 11) is 1.65. The van der Waals surface area contributed by atoms with Gasteiger partial charge in [-0.15, -0.1) is 0 Å². The molecule has 0 saturated heterocycles. The molecule has 5 nitrogen and oxygen atoms in total. The summed E-state index contributed by atoms with van der Waals surface area (Å²) in [5.74, 6) is 1.13. The van der Waals surface area contributed by atoms with Gasteiger partial charge >= 0.3 is 0 Å². The summed E-state index contributed by atoms with van der Waals surface area (Å²) in [6, 6.07) is 24.1. The molecule has 1 fully saturated rings. The zero-order valence-electron chi connectivity index (χ0n) is 21.3. The topological polar surface area (TPSA) is 58.6 Å². The molecule has 4 rings (SSSR count). The number of carbonyl (C=O) groups excluding carboxylic acids is 2. The van der Waals surface area contributed by atoms with Gasteiger partial charge in [-0.3, -0.25) is 9.59 Å². The van der Waals surface area contributed by atoms with E-state index in [2.05, 4.69) is 30.4 Å². The number of hydrogen-bond acceptors (Lipinski definition) is 3. The third kappa shape index (κ3) is 6.97. The van der Waals surface area contributed by atoms with Crippen LogP contribution in [-0.4, -0.2) is 25.5 Å². The van der Waals surface area contributed by atoms with E-state index in [1.54, 1.807) is 7.11 Å². The minimum absolute atomic E-state index is 0.00471. The third-order valence-corrected chi connectivity index (χ3v) is 6.90. The Balaban J connectivity index is 1.36. The molecule has 1 saturated carbocycles. The van der Waals surface area contributed by atoms with Crippen molar-refractivity contribution >= 4 is 17.5 Å². The second kappa shape index (κ2) is 12.4. The van der Waals surface area contributed by atoms with Gasteiger partial charge in [-0.2, -0.15) is 0 Å². The molecule has 3 aromatic rings. The predicted molar refractivity (Wildman–Crippen MR) is 144 cm³/mol. The minimum Gasteiger partial charge on any atom is -0.497 e. The number of aryl methyl sites for hydroxylation is 1. The molecule has 0 spiro atoms. The van der Waals surface area contributed by atoms with E-state index in [4.69, 9.17) is 4.74 Å². The SMILES string of the molecule is COc1ccc(CCNC(=O)Cc2ccc(N(Cc3cccc(C)c3)C(=O)C3CCCC3)cc2)cc1. The molecule has 36 heavy (non-hydrogen) atoms. The largest absolute Gasteiger partial charge is 0.497 e. The second-order valence-corrected chi connectivity index (χ2v) is 9.69. The van der Waals surface area contributed by atoms with Crippen LogP contribution >= 0.6 is 0 Å². The van der Waals surface area contributed by atoms with Crippen molar-refractivity contribution in [1.29, 1.82) is 0 Å². The maximum atomic E-state index is 13.4. The highest BCUT2D eigenvalue weighted by Crippen LogP contribution is 2.30. The fraction of sp³-hybridized carbons (Fsp3) is 0.355. The average molecular weight is 485 g/mol. The average Bonchev–Trinajstić information content (AvgIpc) is 3.43. The molecule has 0 bridgehead atoms. The van der Waals surface area contributed by atoms with Crippen LogP contribution in [0.25, 0.3) is 0 Å². The number of ether oxygens (including phenoxy) is 1. The first-order valence-electron chi connectivity index (χ1n) is 12.9. The smallest absolute Gasteiger partial charge is 0.230 e. The van der Waals surface area contributed by atoms with E-state index in [0.29, 0.717) is 19.5 Å². The second-order valence-electron chi connectivity index (χ2n) is 9.69. The van der Waals surface area contributed by atoms with Gasteiger partial charge in [0.25, 0.3) is 0 Å². The highest BCUT2D eigenvalue weighted by atomic mass is 16.5. The van der Waals surface area contributed by atoms with Gasteiger partial charge in [0.1, 0.15) is 5.75 Å². The molecule has 1 aliphatic carbocycles. The minimum atomic E-state index is -0.00471. The molecule has 0 atom stereocenters. The van der Waals surface area contributed by atoms with Crippen molar-refractivity contribution < 1.29 is 14.3 Å². The van der Waals surface area contributed by atoms with Crippen molar-refractivity contribution in [2.75, 3.05) is 18.6 Å². The standard InChI is InChI=1S/C31H36N2O3/c1-23-6-5-7-26(20-23)22-33(31(35)27-8-3-4-9-27)28-14-10-25(11-15-28)21-30(34)32-19-18-24-12-16-29(36-2)17-13-24/h5-7,10-17,20,27H,3-4,8-9,18-19,21-22H2,1-2H3,(H,32,34). The molecule has 0 aromatic heterocycles. The third-order valence-electron chi connectivity index (χ3n) is 6.90. The van der Waals surface area contributed by atoms with Gasteiger partial charge in [0, 0.05) is 18.2 Å². The zero-order chi connectivity index (χ0) is 25.3. The number of amides is 2. The molecule has 5 heteroatoms. The first-order chi connectivity index (χ1) is 17.5. The highest BCUT2D eigenvalue weighted by Gasteiger charge is 2.28. The van der Waals surface area contributed by atoms with Gasteiger partial charge in [0.15, 0.2) is 0 Å². The van der Waals surface area contributed by atoms with E-state index in [9.17, 15) is 9.59 Å². The van der Waals surface area contributed by atoms with E-state index in [0.717, 1.165) is 60.2 Å². The molecule has 1 N–H and O–H groups in total. The van der Waals surface area contributed by atoms with E-state index < -0.39 is 0 Å². The Labute approximate surface area is 214 Å². The summed E-state index contributed by atoms with van der Waals surface area (Å²) >= 11 is 0. The van der Waals surface area contributed by atoms with Gasteiger partial charge in [0.05, 0.1) is 20.1 Å². The highest BCUT2D eigenvalue weighted by molar-refractivity contribution is 5.95. The Hall–Kier alpha value is -3.60. The van der Waals surface area contributed by atoms with Crippen molar-refractivity contribution in [1.82, 2.24) is 5.32 Å². The molecule has 0 heterocycles. The van der Waals surface area contributed by atoms with Crippen LogP contribution in [0.2, 0.25) is 0 Å². The Morgan fingerprint density at radius 3 is 2.28 bits per heavy atom. The molecule has 188 valence electrons. The number of benzene rings is 3. The van der Waals surface area contributed by atoms with E-state index in [1.807, 2.05) is 59.5 Å². The van der Waals surface area contributed by atoms with Crippen molar-refractivity contribution in [2.45, 2.75) is 52.0 Å². The summed E-state index contributed by atoms with van der Waals surface area (Å²) in [4.78, 5) is 27.8. The molecule has 0 aliphatic heterocycles. The Morgan fingerprint density at radius 2 is 1.61 bits per heavy atom. The predicted octanol–water partition coefficient (Wildman–Crippen LogP) is 5.63. The molecule has 2 amide bonds. The number of methoxy groups -OCH3 is 1. The summed E-state index contributed by atoms with van der Waals surface area (Å²) < 4.78 is 5.18. The number of nitrogens with one attached hydrogen (secondary N) is 1. The summed E-state index contributed by atoms with van der Waals surface area (Å²) in [6.45, 7) is 3.22. The van der Waals surface area contributed by atoms with Gasteiger partial charge in [-0.25, -0.2) is 0 Å². The lowest BCUT2D eigenvalue weighted by Gasteiger charge is -2.26. The number of anilines is 1. The maximum Gasteiger partial charge on any atom is 0.230 e. The van der Waals surface area contributed by atoms with E-state index >= 15 is 0 Å². The summed E-state index contributed by atoms with van der Waals surface area (Å²) in [5.41, 5.74) is 5.29.